The number of hydrogen-bond donors (Lipinski definition) is 2. The van der Waals surface area contributed by atoms with Crippen molar-refractivity contribution in [3.05, 3.63) is 89.0 Å². The number of allylic oxidation sites excluding steroid dienone is 4. The van der Waals surface area contributed by atoms with Crippen LogP contribution in [0.5, 0.6) is 0 Å². The summed E-state index contributed by atoms with van der Waals surface area (Å²) in [7, 11) is 0. The fourth-order valence-corrected chi connectivity index (χ4v) is 10.1. The minimum atomic E-state index is -2.28. The SMILES string of the molecule is Cc1ccc(SCc2ccc([C@@H]3O[C@@H]4C[C@H]5[C@@H]6C[C@H](F)C7=CC(=O)C=C[C@]7(C)[C@@]6(F)[C@@H](O)C[C@]5(C)[C@]4(C(=O)CO)O3)cc2)cc1. The van der Waals surface area contributed by atoms with E-state index in [0.717, 1.165) is 17.4 Å². The van der Waals surface area contributed by atoms with E-state index < -0.39 is 76.8 Å². The lowest BCUT2D eigenvalue weighted by Crippen LogP contribution is -2.70. The topological polar surface area (TPSA) is 93.1 Å². The predicted molar refractivity (Wildman–Crippen MR) is 165 cm³/mol. The van der Waals surface area contributed by atoms with E-state index in [1.165, 1.54) is 22.6 Å². The summed E-state index contributed by atoms with van der Waals surface area (Å²) in [5, 5.41) is 21.8. The number of alkyl halides is 2. The normalized spacial score (nSPS) is 41.6. The van der Waals surface area contributed by atoms with Gasteiger partial charge in [0.25, 0.3) is 0 Å². The molecule has 10 atom stereocenters. The van der Waals surface area contributed by atoms with E-state index >= 15 is 8.78 Å². The van der Waals surface area contributed by atoms with Gasteiger partial charge in [-0.15, -0.1) is 11.8 Å². The number of Topliss-reactive ketones (excluding diaryl/α,β-unsaturated/α-hetero) is 1. The summed E-state index contributed by atoms with van der Waals surface area (Å²) < 4.78 is 46.4. The zero-order valence-electron chi connectivity index (χ0n) is 25.5. The van der Waals surface area contributed by atoms with Gasteiger partial charge >= 0.3 is 0 Å². The number of ether oxygens (including phenoxy) is 2. The van der Waals surface area contributed by atoms with E-state index in [1.54, 1.807) is 25.6 Å². The van der Waals surface area contributed by atoms with Crippen molar-refractivity contribution in [1.29, 1.82) is 0 Å². The molecule has 2 aromatic rings. The zero-order valence-corrected chi connectivity index (χ0v) is 26.4. The third kappa shape index (κ3) is 4.27. The van der Waals surface area contributed by atoms with Crippen molar-refractivity contribution >= 4 is 23.3 Å². The summed E-state index contributed by atoms with van der Waals surface area (Å²) >= 11 is 1.73. The maximum absolute atomic E-state index is 17.6. The Kier molecular flexibility index (Phi) is 7.34. The third-order valence-corrected chi connectivity index (χ3v) is 12.7. The average Bonchev–Trinajstić information content (AvgIpc) is 3.52. The largest absolute Gasteiger partial charge is 0.390 e. The van der Waals surface area contributed by atoms with Crippen molar-refractivity contribution in [2.45, 2.75) is 86.6 Å². The lowest BCUT2D eigenvalue weighted by Gasteiger charge is -2.63. The fourth-order valence-electron chi connectivity index (χ4n) is 9.29. The van der Waals surface area contributed by atoms with Gasteiger partial charge in [0.1, 0.15) is 12.8 Å². The summed E-state index contributed by atoms with van der Waals surface area (Å²) in [6.45, 7) is 4.57. The molecule has 0 unspecified atom stereocenters. The number of rotatable bonds is 6. The van der Waals surface area contributed by atoms with E-state index in [0.29, 0.717) is 5.56 Å². The van der Waals surface area contributed by atoms with Crippen LogP contribution in [0.4, 0.5) is 8.78 Å². The van der Waals surface area contributed by atoms with Gasteiger partial charge in [-0.2, -0.15) is 0 Å². The number of aliphatic hydroxyl groups is 2. The highest BCUT2D eigenvalue weighted by molar-refractivity contribution is 7.98. The molecule has 2 aromatic carbocycles. The maximum Gasteiger partial charge on any atom is 0.193 e. The second-order valence-electron chi connectivity index (χ2n) is 13.8. The van der Waals surface area contributed by atoms with Crippen molar-refractivity contribution < 1.29 is 38.1 Å². The molecule has 0 bridgehead atoms. The van der Waals surface area contributed by atoms with Crippen LogP contribution in [0.3, 0.4) is 0 Å². The molecule has 1 saturated heterocycles. The number of carbonyl (C=O) groups is 2. The molecule has 1 heterocycles. The highest BCUT2D eigenvalue weighted by atomic mass is 32.2. The van der Waals surface area contributed by atoms with Crippen LogP contribution in [0.2, 0.25) is 0 Å². The van der Waals surface area contributed by atoms with Crippen LogP contribution in [0.15, 0.2) is 77.2 Å². The van der Waals surface area contributed by atoms with E-state index in [1.807, 2.05) is 24.3 Å². The van der Waals surface area contributed by atoms with E-state index in [2.05, 4.69) is 31.2 Å². The number of aliphatic hydroxyl groups excluding tert-OH is 2. The van der Waals surface area contributed by atoms with Gasteiger partial charge < -0.3 is 19.7 Å². The van der Waals surface area contributed by atoms with Crippen LogP contribution >= 0.6 is 11.8 Å². The molecular formula is C36H38F2O6S. The molecule has 0 spiro atoms. The van der Waals surface area contributed by atoms with Crippen LogP contribution in [0, 0.1) is 29.6 Å². The Morgan fingerprint density at radius 3 is 2.47 bits per heavy atom. The van der Waals surface area contributed by atoms with Crippen LogP contribution in [-0.2, 0) is 24.8 Å². The number of halogens is 2. The van der Waals surface area contributed by atoms with Crippen molar-refractivity contribution in [2.75, 3.05) is 6.61 Å². The van der Waals surface area contributed by atoms with Gasteiger partial charge in [-0.3, -0.25) is 9.59 Å². The predicted octanol–water partition coefficient (Wildman–Crippen LogP) is 5.93. The van der Waals surface area contributed by atoms with Crippen LogP contribution in [-0.4, -0.2) is 58.0 Å². The number of carbonyl (C=O) groups excluding carboxylic acids is 2. The van der Waals surface area contributed by atoms with Gasteiger partial charge in [0.05, 0.1) is 12.2 Å². The third-order valence-electron chi connectivity index (χ3n) is 11.6. The first-order chi connectivity index (χ1) is 21.4. The molecule has 2 N–H and O–H groups in total. The van der Waals surface area contributed by atoms with E-state index in [9.17, 15) is 19.8 Å². The molecule has 0 amide bonds. The van der Waals surface area contributed by atoms with Crippen molar-refractivity contribution in [2.24, 2.45) is 22.7 Å². The molecule has 0 aromatic heterocycles. The second-order valence-corrected chi connectivity index (χ2v) is 14.9. The first-order valence-electron chi connectivity index (χ1n) is 15.6. The van der Waals surface area contributed by atoms with Crippen LogP contribution < -0.4 is 0 Å². The monoisotopic (exact) mass is 636 g/mol. The van der Waals surface area contributed by atoms with Gasteiger partial charge in [-0.1, -0.05) is 55.0 Å². The van der Waals surface area contributed by atoms with Crippen LogP contribution in [0.25, 0.3) is 0 Å². The first-order valence-corrected chi connectivity index (χ1v) is 16.6. The van der Waals surface area contributed by atoms with Crippen molar-refractivity contribution in [3.63, 3.8) is 0 Å². The Labute approximate surface area is 265 Å². The molecule has 5 aliphatic rings. The highest BCUT2D eigenvalue weighted by Crippen LogP contribution is 2.72. The van der Waals surface area contributed by atoms with Crippen LogP contribution in [0.1, 0.15) is 56.1 Å². The Hall–Kier alpha value is -2.69. The summed E-state index contributed by atoms with van der Waals surface area (Å²) in [5.74, 6) is -1.80. The number of hydrogen-bond acceptors (Lipinski definition) is 7. The Morgan fingerprint density at radius 2 is 1.78 bits per heavy atom. The molecule has 3 saturated carbocycles. The molecular weight excluding hydrogens is 598 g/mol. The second kappa shape index (κ2) is 10.7. The molecule has 4 aliphatic carbocycles. The molecule has 9 heteroatoms. The molecule has 1 aliphatic heterocycles. The number of thioether (sulfide) groups is 1. The maximum atomic E-state index is 17.6. The highest BCUT2D eigenvalue weighted by Gasteiger charge is 2.80. The lowest BCUT2D eigenvalue weighted by molar-refractivity contribution is -0.235. The summed E-state index contributed by atoms with van der Waals surface area (Å²) in [6.07, 6.45) is -1.30. The van der Waals surface area contributed by atoms with Gasteiger partial charge in [-0.05, 0) is 74.4 Å². The van der Waals surface area contributed by atoms with E-state index in [-0.39, 0.29) is 24.8 Å². The Bertz CT molecular complexity index is 1590. The van der Waals surface area contributed by atoms with Gasteiger partial charge in [0.2, 0.25) is 0 Å². The van der Waals surface area contributed by atoms with Crippen molar-refractivity contribution in [3.8, 4) is 0 Å². The lowest BCUT2D eigenvalue weighted by atomic mass is 9.44. The molecule has 0 radical (unpaired) electrons. The Morgan fingerprint density at radius 1 is 1.07 bits per heavy atom. The molecule has 238 valence electrons. The number of ketones is 2. The summed E-state index contributed by atoms with van der Waals surface area (Å²) in [6, 6.07) is 16.1. The van der Waals surface area contributed by atoms with Gasteiger partial charge in [-0.25, -0.2) is 8.78 Å². The quantitative estimate of drug-likeness (QED) is 0.380. The molecule has 7 rings (SSSR count). The van der Waals surface area contributed by atoms with Gasteiger partial charge in [0.15, 0.2) is 29.1 Å². The standard InChI is InChI=1S/C36H38F2O6S/c1-20-4-10-24(11-5-20)45-19-21-6-8-22(9-7-21)32-43-31-16-25-26-15-28(37)27-14-23(40)12-13-33(27,2)35(26,38)29(41)17-34(25,3)36(31,44-32)30(42)18-39/h4-14,25-26,28-29,31-32,39,41H,15-19H2,1-3H3/t25-,26-,28-,29-,31+,32+,33-,34-,35-,36+/m0/s1. The average molecular weight is 637 g/mol. The van der Waals surface area contributed by atoms with Crippen molar-refractivity contribution in [1.82, 2.24) is 0 Å². The molecule has 45 heavy (non-hydrogen) atoms. The van der Waals surface area contributed by atoms with Gasteiger partial charge in [0, 0.05) is 33.0 Å². The molecule has 4 fully saturated rings. The minimum absolute atomic E-state index is 0.0454. The summed E-state index contributed by atoms with van der Waals surface area (Å²) in [5.41, 5.74) is -3.55. The number of benzene rings is 2. The van der Waals surface area contributed by atoms with E-state index in [4.69, 9.17) is 9.47 Å². The Balaban J connectivity index is 1.17. The summed E-state index contributed by atoms with van der Waals surface area (Å²) in [4.78, 5) is 27.0. The fraction of sp³-hybridized carbons (Fsp3) is 0.500. The molecule has 6 nitrogen and oxygen atoms in total. The number of aryl methyl sites for hydroxylation is 1. The minimum Gasteiger partial charge on any atom is -0.390 e. The number of fused-ring (bicyclic) bond motifs is 7. The first kappa shape index (κ1) is 30.9. The smallest absolute Gasteiger partial charge is 0.193 e. The zero-order chi connectivity index (χ0) is 31.9.